The standard InChI is InChI=1S/C26H26N4O2S2/c1-17-10-12-18(13-11-17)16-30-25(32)21(34-26(30)33)15-20-23(27-19-7-3-2-4-8-19)28-22-9-5-6-14-29(22)24(20)31/h5-6,9-15,19,27H,2-4,7-8,16H2,1H3/b21-15+. The van der Waals surface area contributed by atoms with E-state index in [2.05, 4.69) is 5.32 Å². The molecule has 1 N–H and O–H groups in total. The van der Waals surface area contributed by atoms with Crippen molar-refractivity contribution < 1.29 is 4.79 Å². The topological polar surface area (TPSA) is 66.7 Å². The number of fused-ring (bicyclic) bond motifs is 1. The molecule has 1 amide bonds. The van der Waals surface area contributed by atoms with E-state index in [1.807, 2.05) is 43.3 Å². The summed E-state index contributed by atoms with van der Waals surface area (Å²) in [7, 11) is 0. The first-order chi connectivity index (χ1) is 16.5. The molecule has 0 atom stereocenters. The molecule has 0 radical (unpaired) electrons. The molecule has 6 nitrogen and oxygen atoms in total. The second-order valence-electron chi connectivity index (χ2n) is 8.84. The van der Waals surface area contributed by atoms with Gasteiger partial charge in [0.1, 0.15) is 15.8 Å². The van der Waals surface area contributed by atoms with Crippen LogP contribution >= 0.6 is 24.0 Å². The average Bonchev–Trinajstić information content (AvgIpc) is 3.11. The summed E-state index contributed by atoms with van der Waals surface area (Å²) in [6, 6.07) is 13.8. The van der Waals surface area contributed by atoms with Crippen molar-refractivity contribution in [3.8, 4) is 0 Å². The smallest absolute Gasteiger partial charge is 0.267 e. The summed E-state index contributed by atoms with van der Waals surface area (Å²) in [4.78, 5) is 33.5. The largest absolute Gasteiger partial charge is 0.367 e. The van der Waals surface area contributed by atoms with Crippen LogP contribution in [-0.2, 0) is 11.3 Å². The maximum atomic E-state index is 13.4. The SMILES string of the molecule is Cc1ccc(CN2C(=O)/C(=C\c3c(NC4CCCCC4)nc4ccccn4c3=O)SC2=S)cc1. The fraction of sp³-hybridized carbons (Fsp3) is 0.308. The van der Waals surface area contributed by atoms with Crippen LogP contribution in [0.2, 0.25) is 0 Å². The van der Waals surface area contributed by atoms with Crippen LogP contribution in [0.25, 0.3) is 11.7 Å². The Balaban J connectivity index is 1.50. The molecule has 34 heavy (non-hydrogen) atoms. The van der Waals surface area contributed by atoms with E-state index in [0.717, 1.165) is 36.8 Å². The van der Waals surface area contributed by atoms with E-state index >= 15 is 0 Å². The number of pyridine rings is 1. The molecule has 0 spiro atoms. The van der Waals surface area contributed by atoms with E-state index < -0.39 is 0 Å². The third kappa shape index (κ3) is 4.65. The Hall–Kier alpha value is -2.97. The number of benzene rings is 1. The number of carbonyl (C=O) groups is 1. The van der Waals surface area contributed by atoms with Gasteiger partial charge in [-0.15, -0.1) is 0 Å². The van der Waals surface area contributed by atoms with Crippen LogP contribution in [0.3, 0.4) is 0 Å². The summed E-state index contributed by atoms with van der Waals surface area (Å²) in [6.07, 6.45) is 9.03. The van der Waals surface area contributed by atoms with Crippen LogP contribution in [0.4, 0.5) is 5.82 Å². The van der Waals surface area contributed by atoms with E-state index in [9.17, 15) is 9.59 Å². The summed E-state index contributed by atoms with van der Waals surface area (Å²) in [5.74, 6) is 0.351. The molecule has 1 aromatic carbocycles. The zero-order valence-corrected chi connectivity index (χ0v) is 20.6. The number of thioether (sulfide) groups is 1. The molecule has 2 aromatic heterocycles. The van der Waals surface area contributed by atoms with E-state index in [0.29, 0.717) is 32.8 Å². The number of carbonyl (C=O) groups excluding carboxylic acids is 1. The van der Waals surface area contributed by atoms with Crippen molar-refractivity contribution in [1.29, 1.82) is 0 Å². The normalized spacial score (nSPS) is 18.3. The number of hydrogen-bond donors (Lipinski definition) is 1. The minimum absolute atomic E-state index is 0.184. The Labute approximate surface area is 208 Å². The molecule has 174 valence electrons. The predicted octanol–water partition coefficient (Wildman–Crippen LogP) is 5.15. The molecule has 1 aliphatic carbocycles. The lowest BCUT2D eigenvalue weighted by atomic mass is 9.95. The quantitative estimate of drug-likeness (QED) is 0.394. The van der Waals surface area contributed by atoms with Gasteiger partial charge in [-0.25, -0.2) is 4.98 Å². The number of nitrogens with zero attached hydrogens (tertiary/aromatic N) is 3. The minimum atomic E-state index is -0.201. The van der Waals surface area contributed by atoms with Crippen molar-refractivity contribution in [2.75, 3.05) is 5.32 Å². The Morgan fingerprint density at radius 1 is 1.12 bits per heavy atom. The molecule has 2 fully saturated rings. The van der Waals surface area contributed by atoms with Crippen LogP contribution in [-0.4, -0.2) is 30.6 Å². The summed E-state index contributed by atoms with van der Waals surface area (Å²) in [5, 5.41) is 3.50. The number of nitrogens with one attached hydrogen (secondary N) is 1. The van der Waals surface area contributed by atoms with Crippen molar-refractivity contribution in [3.63, 3.8) is 0 Å². The van der Waals surface area contributed by atoms with Crippen molar-refractivity contribution in [2.24, 2.45) is 0 Å². The number of hydrogen-bond acceptors (Lipinski definition) is 6. The number of aryl methyl sites for hydroxylation is 1. The number of anilines is 1. The molecule has 2 aliphatic rings. The predicted molar refractivity (Wildman–Crippen MR) is 142 cm³/mol. The highest BCUT2D eigenvalue weighted by Gasteiger charge is 2.33. The molecule has 1 saturated carbocycles. The van der Waals surface area contributed by atoms with Crippen molar-refractivity contribution in [2.45, 2.75) is 51.6 Å². The van der Waals surface area contributed by atoms with E-state index in [4.69, 9.17) is 17.2 Å². The first-order valence-electron chi connectivity index (χ1n) is 11.6. The van der Waals surface area contributed by atoms with Gasteiger partial charge in [-0.05, 0) is 43.5 Å². The summed E-state index contributed by atoms with van der Waals surface area (Å²) in [6.45, 7) is 2.44. The fourth-order valence-electron chi connectivity index (χ4n) is 4.43. The van der Waals surface area contributed by atoms with Crippen LogP contribution in [0.15, 0.2) is 58.4 Å². The highest BCUT2D eigenvalue weighted by Crippen LogP contribution is 2.34. The Morgan fingerprint density at radius 3 is 2.65 bits per heavy atom. The van der Waals surface area contributed by atoms with E-state index in [-0.39, 0.29) is 17.5 Å². The molecule has 5 rings (SSSR count). The van der Waals surface area contributed by atoms with Gasteiger partial charge in [-0.3, -0.25) is 18.9 Å². The second-order valence-corrected chi connectivity index (χ2v) is 10.5. The third-order valence-electron chi connectivity index (χ3n) is 6.33. The molecule has 8 heteroatoms. The molecule has 1 saturated heterocycles. The van der Waals surface area contributed by atoms with E-state index in [1.54, 1.807) is 23.2 Å². The van der Waals surface area contributed by atoms with Crippen LogP contribution in [0.1, 0.15) is 48.8 Å². The van der Waals surface area contributed by atoms with Gasteiger partial charge in [0, 0.05) is 12.2 Å². The maximum Gasteiger partial charge on any atom is 0.267 e. The van der Waals surface area contributed by atoms with Crippen molar-refractivity contribution in [1.82, 2.24) is 14.3 Å². The zero-order valence-electron chi connectivity index (χ0n) is 19.0. The average molecular weight is 491 g/mol. The van der Waals surface area contributed by atoms with Gasteiger partial charge < -0.3 is 5.32 Å². The molecular weight excluding hydrogens is 464 g/mol. The number of rotatable bonds is 5. The van der Waals surface area contributed by atoms with Crippen LogP contribution in [0.5, 0.6) is 0 Å². The fourth-order valence-corrected chi connectivity index (χ4v) is 5.66. The molecule has 3 heterocycles. The highest BCUT2D eigenvalue weighted by atomic mass is 32.2. The van der Waals surface area contributed by atoms with E-state index in [1.165, 1.54) is 22.6 Å². The molecule has 0 bridgehead atoms. The van der Waals surface area contributed by atoms with Crippen molar-refractivity contribution >= 4 is 51.7 Å². The number of aromatic nitrogens is 2. The van der Waals surface area contributed by atoms with Gasteiger partial charge >= 0.3 is 0 Å². The van der Waals surface area contributed by atoms with Crippen LogP contribution in [0, 0.1) is 6.92 Å². The number of amides is 1. The Bertz CT molecular complexity index is 1340. The Kier molecular flexibility index (Phi) is 6.52. The highest BCUT2D eigenvalue weighted by molar-refractivity contribution is 8.26. The lowest BCUT2D eigenvalue weighted by Gasteiger charge is -2.24. The molecule has 3 aromatic rings. The van der Waals surface area contributed by atoms with Gasteiger partial charge in [0.05, 0.1) is 17.0 Å². The van der Waals surface area contributed by atoms with Gasteiger partial charge in [-0.1, -0.05) is 79.1 Å². The van der Waals surface area contributed by atoms with Gasteiger partial charge in [0.25, 0.3) is 11.5 Å². The third-order valence-corrected chi connectivity index (χ3v) is 7.70. The molecule has 0 unspecified atom stereocenters. The summed E-state index contributed by atoms with van der Waals surface area (Å²) >= 11 is 6.76. The maximum absolute atomic E-state index is 13.4. The second kappa shape index (κ2) is 9.72. The van der Waals surface area contributed by atoms with Crippen molar-refractivity contribution in [3.05, 3.63) is 80.6 Å². The first-order valence-corrected chi connectivity index (χ1v) is 12.8. The summed E-state index contributed by atoms with van der Waals surface area (Å²) < 4.78 is 2.01. The first kappa shape index (κ1) is 22.8. The monoisotopic (exact) mass is 490 g/mol. The lowest BCUT2D eigenvalue weighted by Crippen LogP contribution is -2.28. The lowest BCUT2D eigenvalue weighted by molar-refractivity contribution is -0.122. The van der Waals surface area contributed by atoms with Gasteiger partial charge in [-0.2, -0.15) is 0 Å². The molecular formula is C26H26N4O2S2. The zero-order chi connectivity index (χ0) is 23.7. The van der Waals surface area contributed by atoms with Crippen LogP contribution < -0.4 is 10.9 Å². The molecule has 1 aliphatic heterocycles. The van der Waals surface area contributed by atoms with Gasteiger partial charge in [0.2, 0.25) is 0 Å². The number of thiocarbonyl (C=S) groups is 1. The minimum Gasteiger partial charge on any atom is -0.367 e. The summed E-state index contributed by atoms with van der Waals surface area (Å²) in [5.41, 5.74) is 2.94. The Morgan fingerprint density at radius 2 is 1.88 bits per heavy atom. The van der Waals surface area contributed by atoms with Gasteiger partial charge in [0.15, 0.2) is 0 Å².